The Hall–Kier alpha value is -2.48. The summed E-state index contributed by atoms with van der Waals surface area (Å²) in [5.74, 6) is 0.763. The molecular formula is C19H25N3O5. The standard InChI is InChI=1S/C19H25N3O5/c23-17(22-9-7-19(8-10-22)13-20-18(24)27-19)21-14-3-5-15(6-4-14)26-12-16-2-1-11-25-16/h3-6,16H,1-2,7-13H2,(H,20,24)(H,21,23)/t16-/m1/s1. The first-order chi connectivity index (χ1) is 13.1. The van der Waals surface area contributed by atoms with E-state index in [0.29, 0.717) is 39.1 Å². The number of carbonyl (C=O) groups excluding carboxylic acids is 2. The second-order valence-corrected chi connectivity index (χ2v) is 7.31. The van der Waals surface area contributed by atoms with Gasteiger partial charge in [0.05, 0.1) is 12.6 Å². The van der Waals surface area contributed by atoms with E-state index in [2.05, 4.69) is 10.6 Å². The lowest BCUT2D eigenvalue weighted by atomic mass is 9.92. The normalized spacial score (nSPS) is 23.8. The van der Waals surface area contributed by atoms with Gasteiger partial charge in [-0.25, -0.2) is 9.59 Å². The van der Waals surface area contributed by atoms with E-state index in [-0.39, 0.29) is 18.2 Å². The average Bonchev–Trinajstić information content (AvgIpc) is 3.32. The summed E-state index contributed by atoms with van der Waals surface area (Å²) < 4.78 is 16.7. The molecule has 1 aromatic carbocycles. The van der Waals surface area contributed by atoms with Gasteiger partial charge in [0, 0.05) is 38.2 Å². The summed E-state index contributed by atoms with van der Waals surface area (Å²) in [5.41, 5.74) is 0.273. The monoisotopic (exact) mass is 375 g/mol. The van der Waals surface area contributed by atoms with Crippen LogP contribution >= 0.6 is 0 Å². The highest BCUT2D eigenvalue weighted by Gasteiger charge is 2.43. The molecule has 3 saturated heterocycles. The minimum absolute atomic E-state index is 0.143. The SMILES string of the molecule is O=C1NCC2(CCN(C(=O)Nc3ccc(OC[C@H]4CCCO4)cc3)CC2)O1. The molecule has 0 radical (unpaired) electrons. The maximum Gasteiger partial charge on any atom is 0.407 e. The molecule has 0 aromatic heterocycles. The van der Waals surface area contributed by atoms with E-state index in [0.717, 1.165) is 30.9 Å². The first-order valence-electron chi connectivity index (χ1n) is 9.49. The van der Waals surface area contributed by atoms with Gasteiger partial charge in [-0.2, -0.15) is 0 Å². The van der Waals surface area contributed by atoms with Crippen LogP contribution in [-0.2, 0) is 9.47 Å². The molecule has 1 aromatic rings. The van der Waals surface area contributed by atoms with Gasteiger partial charge in [0.2, 0.25) is 0 Å². The van der Waals surface area contributed by atoms with Crippen molar-refractivity contribution in [3.8, 4) is 5.75 Å². The highest BCUT2D eigenvalue weighted by Crippen LogP contribution is 2.29. The van der Waals surface area contributed by atoms with Crippen LogP contribution in [0.25, 0.3) is 0 Å². The lowest BCUT2D eigenvalue weighted by Gasteiger charge is -2.37. The average molecular weight is 375 g/mol. The molecule has 0 bridgehead atoms. The van der Waals surface area contributed by atoms with Crippen molar-refractivity contribution in [1.29, 1.82) is 0 Å². The number of alkyl carbamates (subject to hydrolysis) is 1. The summed E-state index contributed by atoms with van der Waals surface area (Å²) in [4.78, 5) is 25.5. The van der Waals surface area contributed by atoms with E-state index in [1.807, 2.05) is 24.3 Å². The number of piperidine rings is 1. The lowest BCUT2D eigenvalue weighted by molar-refractivity contribution is 0.0110. The van der Waals surface area contributed by atoms with Gasteiger partial charge in [-0.1, -0.05) is 0 Å². The van der Waals surface area contributed by atoms with Crippen molar-refractivity contribution in [2.45, 2.75) is 37.4 Å². The Morgan fingerprint density at radius 1 is 1.30 bits per heavy atom. The molecule has 3 amide bonds. The smallest absolute Gasteiger partial charge is 0.407 e. The Balaban J connectivity index is 1.24. The van der Waals surface area contributed by atoms with Gasteiger partial charge in [0.15, 0.2) is 0 Å². The number of hydrogen-bond acceptors (Lipinski definition) is 5. The third-order valence-corrected chi connectivity index (χ3v) is 5.39. The Bertz CT molecular complexity index is 679. The van der Waals surface area contributed by atoms with Gasteiger partial charge in [-0.3, -0.25) is 0 Å². The van der Waals surface area contributed by atoms with Crippen molar-refractivity contribution < 1.29 is 23.8 Å². The van der Waals surface area contributed by atoms with Crippen LogP contribution in [0.3, 0.4) is 0 Å². The van der Waals surface area contributed by atoms with Crippen molar-refractivity contribution in [3.63, 3.8) is 0 Å². The van der Waals surface area contributed by atoms with Crippen LogP contribution < -0.4 is 15.4 Å². The van der Waals surface area contributed by atoms with Crippen molar-refractivity contribution in [2.24, 2.45) is 0 Å². The van der Waals surface area contributed by atoms with Crippen LogP contribution in [-0.4, -0.2) is 61.6 Å². The predicted molar refractivity (Wildman–Crippen MR) is 98.0 cm³/mol. The molecule has 2 N–H and O–H groups in total. The number of nitrogens with one attached hydrogen (secondary N) is 2. The maximum absolute atomic E-state index is 12.5. The molecule has 3 aliphatic heterocycles. The highest BCUT2D eigenvalue weighted by molar-refractivity contribution is 5.89. The maximum atomic E-state index is 12.5. The summed E-state index contributed by atoms with van der Waals surface area (Å²) in [6, 6.07) is 7.21. The molecule has 0 unspecified atom stereocenters. The number of hydrogen-bond donors (Lipinski definition) is 2. The van der Waals surface area contributed by atoms with Crippen molar-refractivity contribution in [3.05, 3.63) is 24.3 Å². The minimum Gasteiger partial charge on any atom is -0.491 e. The zero-order valence-corrected chi connectivity index (χ0v) is 15.2. The quantitative estimate of drug-likeness (QED) is 0.843. The van der Waals surface area contributed by atoms with Crippen LogP contribution in [0, 0.1) is 0 Å². The van der Waals surface area contributed by atoms with Gasteiger partial charge in [-0.15, -0.1) is 0 Å². The molecule has 0 aliphatic carbocycles. The topological polar surface area (TPSA) is 89.1 Å². The largest absolute Gasteiger partial charge is 0.491 e. The molecule has 4 rings (SSSR count). The van der Waals surface area contributed by atoms with E-state index < -0.39 is 5.60 Å². The van der Waals surface area contributed by atoms with Crippen molar-refractivity contribution in [1.82, 2.24) is 10.2 Å². The summed E-state index contributed by atoms with van der Waals surface area (Å²) in [6.45, 7) is 3.01. The number of urea groups is 1. The fraction of sp³-hybridized carbons (Fsp3) is 0.579. The molecule has 146 valence electrons. The molecule has 8 heteroatoms. The van der Waals surface area contributed by atoms with Gasteiger partial charge >= 0.3 is 12.1 Å². The fourth-order valence-corrected chi connectivity index (χ4v) is 3.70. The number of anilines is 1. The molecular weight excluding hydrogens is 350 g/mol. The van der Waals surface area contributed by atoms with E-state index in [1.54, 1.807) is 4.90 Å². The van der Waals surface area contributed by atoms with E-state index in [9.17, 15) is 9.59 Å². The first-order valence-corrected chi connectivity index (χ1v) is 9.49. The molecule has 8 nitrogen and oxygen atoms in total. The Labute approximate surface area is 158 Å². The highest BCUT2D eigenvalue weighted by atomic mass is 16.6. The van der Waals surface area contributed by atoms with E-state index in [1.165, 1.54) is 0 Å². The van der Waals surface area contributed by atoms with Crippen LogP contribution in [0.4, 0.5) is 15.3 Å². The number of benzene rings is 1. The molecule has 3 heterocycles. The molecule has 27 heavy (non-hydrogen) atoms. The van der Waals surface area contributed by atoms with Crippen LogP contribution in [0.15, 0.2) is 24.3 Å². The summed E-state index contributed by atoms with van der Waals surface area (Å²) >= 11 is 0. The third-order valence-electron chi connectivity index (χ3n) is 5.39. The van der Waals surface area contributed by atoms with Crippen molar-refractivity contribution >= 4 is 17.8 Å². The van der Waals surface area contributed by atoms with Gasteiger partial charge < -0.3 is 29.7 Å². The summed E-state index contributed by atoms with van der Waals surface area (Å²) in [7, 11) is 0. The van der Waals surface area contributed by atoms with E-state index in [4.69, 9.17) is 14.2 Å². The van der Waals surface area contributed by atoms with Crippen LogP contribution in [0.1, 0.15) is 25.7 Å². The minimum atomic E-state index is -0.449. The van der Waals surface area contributed by atoms with Gasteiger partial charge in [0.25, 0.3) is 0 Å². The summed E-state index contributed by atoms with van der Waals surface area (Å²) in [6.07, 6.45) is 3.25. The number of amides is 3. The van der Waals surface area contributed by atoms with Crippen molar-refractivity contribution in [2.75, 3.05) is 38.2 Å². The third kappa shape index (κ3) is 4.27. The number of ether oxygens (including phenoxy) is 3. The molecule has 3 aliphatic rings. The first kappa shape index (κ1) is 17.9. The number of likely N-dealkylation sites (tertiary alicyclic amines) is 1. The second-order valence-electron chi connectivity index (χ2n) is 7.31. The Morgan fingerprint density at radius 3 is 2.70 bits per heavy atom. The molecule has 0 saturated carbocycles. The number of nitrogens with zero attached hydrogens (tertiary/aromatic N) is 1. The molecule has 3 fully saturated rings. The Kier molecular flexibility index (Phi) is 5.07. The van der Waals surface area contributed by atoms with Crippen LogP contribution in [0.2, 0.25) is 0 Å². The number of carbonyl (C=O) groups is 2. The van der Waals surface area contributed by atoms with Gasteiger partial charge in [-0.05, 0) is 37.1 Å². The lowest BCUT2D eigenvalue weighted by Crippen LogP contribution is -2.49. The number of rotatable bonds is 4. The summed E-state index contributed by atoms with van der Waals surface area (Å²) in [5, 5.41) is 5.60. The zero-order chi connectivity index (χ0) is 18.7. The second kappa shape index (κ2) is 7.64. The van der Waals surface area contributed by atoms with Gasteiger partial charge in [0.1, 0.15) is 18.0 Å². The Morgan fingerprint density at radius 2 is 2.07 bits per heavy atom. The zero-order valence-electron chi connectivity index (χ0n) is 15.2. The van der Waals surface area contributed by atoms with Crippen LogP contribution in [0.5, 0.6) is 5.75 Å². The molecule has 1 spiro atoms. The predicted octanol–water partition coefficient (Wildman–Crippen LogP) is 2.35. The van der Waals surface area contributed by atoms with E-state index >= 15 is 0 Å². The molecule has 1 atom stereocenters. The fourth-order valence-electron chi connectivity index (χ4n) is 3.70.